The monoisotopic (exact) mass is 292 g/mol. The Kier molecular flexibility index (Phi) is 6.50. The van der Waals surface area contributed by atoms with E-state index in [1.54, 1.807) is 7.11 Å². The van der Waals surface area contributed by atoms with Crippen LogP contribution in [0.15, 0.2) is 24.3 Å². The normalized spacial score (nSPS) is 15.7. The number of benzene rings is 1. The Morgan fingerprint density at radius 3 is 2.81 bits per heavy atom. The number of anilines is 1. The Labute approximate surface area is 126 Å². The third-order valence-electron chi connectivity index (χ3n) is 3.49. The number of ether oxygens (including phenoxy) is 2. The van der Waals surface area contributed by atoms with Gasteiger partial charge in [0.05, 0.1) is 13.2 Å². The molecule has 1 amide bonds. The van der Waals surface area contributed by atoms with E-state index < -0.39 is 0 Å². The molecule has 2 rings (SSSR count). The molecule has 0 unspecified atom stereocenters. The van der Waals surface area contributed by atoms with E-state index >= 15 is 0 Å². The highest BCUT2D eigenvalue weighted by molar-refractivity contribution is 5.92. The molecule has 1 aromatic rings. The van der Waals surface area contributed by atoms with Crippen LogP contribution in [0.3, 0.4) is 0 Å². The standard InChI is InChI=1S/C16H24N2O3/c1-20-10-11-21-15-7-5-6-14(12-15)17-16(19)13-18-8-3-2-4-9-18/h5-7,12H,2-4,8-11,13H2,1H3,(H,17,19). The number of amides is 1. The SMILES string of the molecule is COCCOc1cccc(NC(=O)CN2CCCCC2)c1. The lowest BCUT2D eigenvalue weighted by Crippen LogP contribution is -2.36. The van der Waals surface area contributed by atoms with Crippen LogP contribution in [0.5, 0.6) is 5.75 Å². The number of methoxy groups -OCH3 is 1. The van der Waals surface area contributed by atoms with Crippen LogP contribution in [0.2, 0.25) is 0 Å². The Hall–Kier alpha value is -1.59. The maximum atomic E-state index is 12.0. The molecule has 21 heavy (non-hydrogen) atoms. The molecule has 5 heteroatoms. The second kappa shape index (κ2) is 8.64. The summed E-state index contributed by atoms with van der Waals surface area (Å²) in [5.41, 5.74) is 0.770. The number of carbonyl (C=O) groups excluding carboxylic acids is 1. The summed E-state index contributed by atoms with van der Waals surface area (Å²) in [5, 5.41) is 2.93. The smallest absolute Gasteiger partial charge is 0.238 e. The van der Waals surface area contributed by atoms with E-state index in [1.807, 2.05) is 24.3 Å². The lowest BCUT2D eigenvalue weighted by molar-refractivity contribution is -0.117. The van der Waals surface area contributed by atoms with Crippen molar-refractivity contribution in [2.75, 3.05) is 45.3 Å². The fourth-order valence-electron chi connectivity index (χ4n) is 2.43. The van der Waals surface area contributed by atoms with Crippen molar-refractivity contribution in [3.63, 3.8) is 0 Å². The Morgan fingerprint density at radius 2 is 2.05 bits per heavy atom. The van der Waals surface area contributed by atoms with E-state index in [2.05, 4.69) is 10.2 Å². The topological polar surface area (TPSA) is 50.8 Å². The molecule has 0 aromatic heterocycles. The number of rotatable bonds is 7. The van der Waals surface area contributed by atoms with Gasteiger partial charge >= 0.3 is 0 Å². The Morgan fingerprint density at radius 1 is 1.24 bits per heavy atom. The molecule has 0 radical (unpaired) electrons. The summed E-state index contributed by atoms with van der Waals surface area (Å²) in [7, 11) is 1.64. The minimum Gasteiger partial charge on any atom is -0.491 e. The number of hydrogen-bond acceptors (Lipinski definition) is 4. The minimum atomic E-state index is 0.0333. The van der Waals surface area contributed by atoms with Crippen LogP contribution >= 0.6 is 0 Å². The van der Waals surface area contributed by atoms with Crippen molar-refractivity contribution < 1.29 is 14.3 Å². The maximum absolute atomic E-state index is 12.0. The van der Waals surface area contributed by atoms with Crippen molar-refractivity contribution in [1.29, 1.82) is 0 Å². The number of carbonyl (C=O) groups is 1. The van der Waals surface area contributed by atoms with Gasteiger partial charge in [-0.1, -0.05) is 12.5 Å². The third kappa shape index (κ3) is 5.73. The van der Waals surface area contributed by atoms with Gasteiger partial charge in [0, 0.05) is 18.9 Å². The van der Waals surface area contributed by atoms with Gasteiger partial charge in [-0.05, 0) is 38.1 Å². The van der Waals surface area contributed by atoms with Crippen LogP contribution in [0, 0.1) is 0 Å². The van der Waals surface area contributed by atoms with Crippen molar-refractivity contribution in [2.24, 2.45) is 0 Å². The van der Waals surface area contributed by atoms with Crippen molar-refractivity contribution in [1.82, 2.24) is 4.90 Å². The summed E-state index contributed by atoms with van der Waals surface area (Å²) >= 11 is 0. The Balaban J connectivity index is 1.80. The van der Waals surface area contributed by atoms with E-state index in [9.17, 15) is 4.79 Å². The molecule has 1 aliphatic rings. The molecule has 0 bridgehead atoms. The molecule has 0 spiro atoms. The summed E-state index contributed by atoms with van der Waals surface area (Å²) in [6.45, 7) is 3.56. The van der Waals surface area contributed by atoms with E-state index in [0.717, 1.165) is 24.5 Å². The van der Waals surface area contributed by atoms with Crippen LogP contribution < -0.4 is 10.1 Å². The maximum Gasteiger partial charge on any atom is 0.238 e. The van der Waals surface area contributed by atoms with Gasteiger partial charge < -0.3 is 14.8 Å². The largest absolute Gasteiger partial charge is 0.491 e. The number of likely N-dealkylation sites (tertiary alicyclic amines) is 1. The third-order valence-corrected chi connectivity index (χ3v) is 3.49. The summed E-state index contributed by atoms with van der Waals surface area (Å²) in [6.07, 6.45) is 3.66. The van der Waals surface area contributed by atoms with Gasteiger partial charge in [-0.3, -0.25) is 9.69 Å². The van der Waals surface area contributed by atoms with E-state index in [-0.39, 0.29) is 5.91 Å². The molecule has 5 nitrogen and oxygen atoms in total. The second-order valence-corrected chi connectivity index (χ2v) is 5.25. The van der Waals surface area contributed by atoms with Crippen molar-refractivity contribution in [3.05, 3.63) is 24.3 Å². The van der Waals surface area contributed by atoms with Crippen LogP contribution in [0.1, 0.15) is 19.3 Å². The number of piperidine rings is 1. The van der Waals surface area contributed by atoms with Gasteiger partial charge in [-0.15, -0.1) is 0 Å². The molecule has 1 heterocycles. The lowest BCUT2D eigenvalue weighted by atomic mass is 10.1. The van der Waals surface area contributed by atoms with Gasteiger partial charge in [0.2, 0.25) is 5.91 Å². The van der Waals surface area contributed by atoms with Crippen LogP contribution in [0.25, 0.3) is 0 Å². The molecule has 116 valence electrons. The quantitative estimate of drug-likeness (QED) is 0.782. The van der Waals surface area contributed by atoms with E-state index in [0.29, 0.717) is 19.8 Å². The number of nitrogens with zero attached hydrogens (tertiary/aromatic N) is 1. The van der Waals surface area contributed by atoms with Crippen LogP contribution in [0.4, 0.5) is 5.69 Å². The second-order valence-electron chi connectivity index (χ2n) is 5.25. The highest BCUT2D eigenvalue weighted by Gasteiger charge is 2.13. The first-order chi connectivity index (χ1) is 10.3. The van der Waals surface area contributed by atoms with Crippen LogP contribution in [-0.4, -0.2) is 50.8 Å². The molecule has 1 N–H and O–H groups in total. The minimum absolute atomic E-state index is 0.0333. The average molecular weight is 292 g/mol. The summed E-state index contributed by atoms with van der Waals surface area (Å²) in [6, 6.07) is 7.45. The van der Waals surface area contributed by atoms with Crippen molar-refractivity contribution in [3.8, 4) is 5.75 Å². The van der Waals surface area contributed by atoms with Crippen molar-refractivity contribution >= 4 is 11.6 Å². The predicted octanol–water partition coefficient (Wildman–Crippen LogP) is 2.14. The average Bonchev–Trinajstić information content (AvgIpc) is 2.49. The van der Waals surface area contributed by atoms with Crippen LogP contribution in [-0.2, 0) is 9.53 Å². The molecular weight excluding hydrogens is 268 g/mol. The lowest BCUT2D eigenvalue weighted by Gasteiger charge is -2.25. The molecule has 1 saturated heterocycles. The van der Waals surface area contributed by atoms with E-state index in [1.165, 1.54) is 19.3 Å². The first-order valence-electron chi connectivity index (χ1n) is 7.52. The Bertz CT molecular complexity index is 445. The first kappa shape index (κ1) is 15.8. The summed E-state index contributed by atoms with van der Waals surface area (Å²) in [5.74, 6) is 0.772. The zero-order chi connectivity index (χ0) is 14.9. The molecule has 1 aromatic carbocycles. The van der Waals surface area contributed by atoms with Gasteiger partial charge in [0.15, 0.2) is 0 Å². The van der Waals surface area contributed by atoms with Gasteiger partial charge in [0.1, 0.15) is 12.4 Å². The number of hydrogen-bond donors (Lipinski definition) is 1. The van der Waals surface area contributed by atoms with Gasteiger partial charge in [-0.2, -0.15) is 0 Å². The molecular formula is C16H24N2O3. The fourth-order valence-corrected chi connectivity index (χ4v) is 2.43. The van der Waals surface area contributed by atoms with Gasteiger partial charge in [0.25, 0.3) is 0 Å². The zero-order valence-corrected chi connectivity index (χ0v) is 12.6. The van der Waals surface area contributed by atoms with Gasteiger partial charge in [-0.25, -0.2) is 0 Å². The molecule has 0 atom stereocenters. The predicted molar refractivity (Wildman–Crippen MR) is 82.7 cm³/mol. The molecule has 0 aliphatic carbocycles. The molecule has 0 saturated carbocycles. The fraction of sp³-hybridized carbons (Fsp3) is 0.562. The number of nitrogens with one attached hydrogen (secondary N) is 1. The highest BCUT2D eigenvalue weighted by atomic mass is 16.5. The van der Waals surface area contributed by atoms with E-state index in [4.69, 9.17) is 9.47 Å². The molecule has 1 aliphatic heterocycles. The zero-order valence-electron chi connectivity index (χ0n) is 12.6. The highest BCUT2D eigenvalue weighted by Crippen LogP contribution is 2.17. The first-order valence-corrected chi connectivity index (χ1v) is 7.52. The summed E-state index contributed by atoms with van der Waals surface area (Å²) in [4.78, 5) is 14.2. The van der Waals surface area contributed by atoms with Crippen molar-refractivity contribution in [2.45, 2.75) is 19.3 Å². The molecule has 1 fully saturated rings. The summed E-state index contributed by atoms with van der Waals surface area (Å²) < 4.78 is 10.5.